The molecule has 6 heteroatoms. The van der Waals surface area contributed by atoms with E-state index in [1.165, 1.54) is 18.3 Å². The lowest BCUT2D eigenvalue weighted by molar-refractivity contribution is -0.114. The molecule has 1 N–H and O–H groups in total. The number of carbonyl (C=O) groups is 2. The second-order valence-electron chi connectivity index (χ2n) is 7.53. The van der Waals surface area contributed by atoms with Crippen LogP contribution in [-0.4, -0.2) is 27.7 Å². The minimum absolute atomic E-state index is 0.0679. The normalized spacial score (nSPS) is 18.5. The highest BCUT2D eigenvalue weighted by molar-refractivity contribution is 7.14. The van der Waals surface area contributed by atoms with Crippen molar-refractivity contribution in [2.45, 2.75) is 52.6 Å². The third-order valence-corrected chi connectivity index (χ3v) is 5.80. The van der Waals surface area contributed by atoms with E-state index < -0.39 is 0 Å². The fourth-order valence-electron chi connectivity index (χ4n) is 3.72. The molecule has 0 saturated heterocycles. The summed E-state index contributed by atoms with van der Waals surface area (Å²) in [5, 5.41) is 4.85. The minimum Gasteiger partial charge on any atom is -0.329 e. The molecule has 0 aliphatic heterocycles. The van der Waals surface area contributed by atoms with Gasteiger partial charge in [0, 0.05) is 24.9 Å². The van der Waals surface area contributed by atoms with E-state index in [2.05, 4.69) is 24.1 Å². The number of rotatable bonds is 5. The van der Waals surface area contributed by atoms with Gasteiger partial charge >= 0.3 is 0 Å². The van der Waals surface area contributed by atoms with Crippen LogP contribution in [-0.2, 0) is 11.3 Å². The maximum absolute atomic E-state index is 13.3. The zero-order chi connectivity index (χ0) is 18.7. The van der Waals surface area contributed by atoms with Crippen LogP contribution in [0.15, 0.2) is 35.7 Å². The number of hydrogen-bond acceptors (Lipinski definition) is 4. The smallest absolute Gasteiger partial charge is 0.273 e. The first-order valence-corrected chi connectivity index (χ1v) is 9.83. The monoisotopic (exact) mass is 371 g/mol. The number of aromatic nitrogens is 1. The highest BCUT2D eigenvalue weighted by atomic mass is 32.1. The van der Waals surface area contributed by atoms with Gasteiger partial charge in [-0.15, -0.1) is 11.3 Å². The Morgan fingerprint density at radius 3 is 2.65 bits per heavy atom. The topological polar surface area (TPSA) is 62.3 Å². The van der Waals surface area contributed by atoms with Crippen molar-refractivity contribution in [3.05, 3.63) is 47.0 Å². The largest absolute Gasteiger partial charge is 0.329 e. The molecule has 26 heavy (non-hydrogen) atoms. The van der Waals surface area contributed by atoms with E-state index in [0.717, 1.165) is 24.8 Å². The van der Waals surface area contributed by atoms with Crippen molar-refractivity contribution in [2.75, 3.05) is 5.32 Å². The molecule has 2 amide bonds. The Morgan fingerprint density at radius 1 is 1.31 bits per heavy atom. The van der Waals surface area contributed by atoms with E-state index >= 15 is 0 Å². The first-order chi connectivity index (χ1) is 12.4. The number of benzene rings is 1. The Morgan fingerprint density at radius 2 is 2.04 bits per heavy atom. The number of anilines is 1. The number of nitrogens with one attached hydrogen (secondary N) is 1. The van der Waals surface area contributed by atoms with Crippen LogP contribution >= 0.6 is 11.3 Å². The van der Waals surface area contributed by atoms with Crippen molar-refractivity contribution in [2.24, 2.45) is 5.41 Å². The van der Waals surface area contributed by atoms with Gasteiger partial charge in [0.05, 0.1) is 0 Å². The molecule has 1 aromatic carbocycles. The van der Waals surface area contributed by atoms with Crippen LogP contribution in [0.4, 0.5) is 5.13 Å². The van der Waals surface area contributed by atoms with Gasteiger partial charge in [-0.05, 0) is 23.8 Å². The molecule has 1 heterocycles. The van der Waals surface area contributed by atoms with Gasteiger partial charge in [-0.3, -0.25) is 9.59 Å². The minimum atomic E-state index is -0.184. The van der Waals surface area contributed by atoms with Crippen molar-refractivity contribution >= 4 is 28.3 Å². The number of hydrogen-bond donors (Lipinski definition) is 1. The van der Waals surface area contributed by atoms with E-state index in [1.807, 2.05) is 35.2 Å². The molecule has 1 aromatic heterocycles. The van der Waals surface area contributed by atoms with Crippen molar-refractivity contribution in [1.82, 2.24) is 9.88 Å². The molecule has 0 spiro atoms. The summed E-state index contributed by atoms with van der Waals surface area (Å²) in [6, 6.07) is 10.2. The summed E-state index contributed by atoms with van der Waals surface area (Å²) in [7, 11) is 0. The fourth-order valence-corrected chi connectivity index (χ4v) is 4.45. The molecule has 1 fully saturated rings. The summed E-state index contributed by atoms with van der Waals surface area (Å²) in [5.74, 6) is -0.252. The van der Waals surface area contributed by atoms with Crippen LogP contribution in [0, 0.1) is 5.41 Å². The highest BCUT2D eigenvalue weighted by Gasteiger charge is 2.41. The van der Waals surface area contributed by atoms with E-state index in [-0.39, 0.29) is 23.3 Å². The van der Waals surface area contributed by atoms with Crippen molar-refractivity contribution in [3.63, 3.8) is 0 Å². The summed E-state index contributed by atoms with van der Waals surface area (Å²) >= 11 is 1.28. The van der Waals surface area contributed by atoms with Gasteiger partial charge in [0.15, 0.2) is 5.13 Å². The molecular formula is C20H25N3O2S. The molecule has 1 atom stereocenters. The van der Waals surface area contributed by atoms with Crippen molar-refractivity contribution < 1.29 is 9.59 Å². The predicted octanol–water partition coefficient (Wildman–Crippen LogP) is 4.32. The van der Waals surface area contributed by atoms with Crippen LogP contribution in [0.2, 0.25) is 0 Å². The van der Waals surface area contributed by atoms with E-state index in [4.69, 9.17) is 0 Å². The van der Waals surface area contributed by atoms with Gasteiger partial charge in [-0.1, -0.05) is 50.6 Å². The number of thiazole rings is 1. The predicted molar refractivity (Wildman–Crippen MR) is 104 cm³/mol. The average molecular weight is 372 g/mol. The molecule has 5 nitrogen and oxygen atoms in total. The first-order valence-electron chi connectivity index (χ1n) is 8.95. The van der Waals surface area contributed by atoms with Gasteiger partial charge in [0.1, 0.15) is 5.69 Å². The lowest BCUT2D eigenvalue weighted by atomic mass is 9.86. The summed E-state index contributed by atoms with van der Waals surface area (Å²) in [5.41, 5.74) is 1.60. The molecule has 1 saturated carbocycles. The Bertz CT molecular complexity index is 785. The van der Waals surface area contributed by atoms with Crippen LogP contribution in [0.3, 0.4) is 0 Å². The Labute approximate surface area is 158 Å². The second-order valence-corrected chi connectivity index (χ2v) is 8.39. The molecule has 1 aliphatic rings. The Hall–Kier alpha value is -2.21. The van der Waals surface area contributed by atoms with Gasteiger partial charge in [0.2, 0.25) is 5.91 Å². The Kier molecular flexibility index (Phi) is 5.41. The quantitative estimate of drug-likeness (QED) is 0.851. The molecule has 1 aliphatic carbocycles. The third-order valence-electron chi connectivity index (χ3n) is 5.04. The lowest BCUT2D eigenvalue weighted by Crippen LogP contribution is -2.45. The average Bonchev–Trinajstić information content (AvgIpc) is 3.18. The molecule has 138 valence electrons. The summed E-state index contributed by atoms with van der Waals surface area (Å²) in [4.78, 5) is 30.8. The number of carbonyl (C=O) groups excluding carboxylic acids is 2. The molecule has 0 bridgehead atoms. The zero-order valence-corrected chi connectivity index (χ0v) is 16.3. The Balaban J connectivity index is 1.88. The second kappa shape index (κ2) is 7.58. The van der Waals surface area contributed by atoms with E-state index in [0.29, 0.717) is 17.4 Å². The zero-order valence-electron chi connectivity index (χ0n) is 15.5. The maximum Gasteiger partial charge on any atom is 0.273 e. The lowest BCUT2D eigenvalue weighted by Gasteiger charge is -2.37. The van der Waals surface area contributed by atoms with Crippen LogP contribution in [0.5, 0.6) is 0 Å². The summed E-state index contributed by atoms with van der Waals surface area (Å²) in [6.07, 6.45) is 3.25. The molecular weight excluding hydrogens is 346 g/mol. The first kappa shape index (κ1) is 18.6. The van der Waals surface area contributed by atoms with Crippen molar-refractivity contribution in [1.29, 1.82) is 0 Å². The standard InChI is InChI=1S/C20H25N3O2S/c1-14(24)21-19-22-16(13-26-19)18(25)23(12-15-8-5-4-6-9-15)17-10-7-11-20(17,2)3/h4-6,8-9,13,17H,7,10-12H2,1-3H3,(H,21,22,24)/t17-/m1/s1. The van der Waals surface area contributed by atoms with Gasteiger partial charge in [-0.2, -0.15) is 0 Å². The number of nitrogens with zero attached hydrogens (tertiary/aromatic N) is 2. The summed E-state index contributed by atoms with van der Waals surface area (Å²) < 4.78 is 0. The van der Waals surface area contributed by atoms with Crippen molar-refractivity contribution in [3.8, 4) is 0 Å². The van der Waals surface area contributed by atoms with Crippen LogP contribution in [0.1, 0.15) is 56.1 Å². The fraction of sp³-hybridized carbons (Fsp3) is 0.450. The maximum atomic E-state index is 13.3. The molecule has 2 aromatic rings. The van der Waals surface area contributed by atoms with Gasteiger partial charge in [-0.25, -0.2) is 4.98 Å². The van der Waals surface area contributed by atoms with E-state index in [1.54, 1.807) is 5.38 Å². The number of amides is 2. The molecule has 0 unspecified atom stereocenters. The third kappa shape index (κ3) is 4.12. The van der Waals surface area contributed by atoms with Gasteiger partial charge in [0.25, 0.3) is 5.91 Å². The highest BCUT2D eigenvalue weighted by Crippen LogP contribution is 2.41. The van der Waals surface area contributed by atoms with Gasteiger partial charge < -0.3 is 10.2 Å². The molecule has 0 radical (unpaired) electrons. The molecule has 3 rings (SSSR count). The van der Waals surface area contributed by atoms with Crippen LogP contribution < -0.4 is 5.32 Å². The van der Waals surface area contributed by atoms with E-state index in [9.17, 15) is 9.59 Å². The summed E-state index contributed by atoms with van der Waals surface area (Å²) in [6.45, 7) is 6.48. The van der Waals surface area contributed by atoms with Crippen LogP contribution in [0.25, 0.3) is 0 Å². The SMILES string of the molecule is CC(=O)Nc1nc(C(=O)N(Cc2ccccc2)[C@@H]2CCCC2(C)C)cs1.